The van der Waals surface area contributed by atoms with Crippen LogP contribution in [-0.2, 0) is 11.4 Å². The van der Waals surface area contributed by atoms with Crippen LogP contribution in [0.5, 0.6) is 5.75 Å². The molecule has 0 bridgehead atoms. The van der Waals surface area contributed by atoms with Gasteiger partial charge in [-0.15, -0.1) is 0 Å². The van der Waals surface area contributed by atoms with E-state index in [4.69, 9.17) is 4.74 Å². The molecule has 2 heterocycles. The van der Waals surface area contributed by atoms with Crippen LogP contribution in [0.3, 0.4) is 0 Å². The maximum atomic E-state index is 13.0. The molecule has 0 spiro atoms. The lowest BCUT2D eigenvalue weighted by molar-refractivity contribution is -0.123. The predicted octanol–water partition coefficient (Wildman–Crippen LogP) is 3.41. The van der Waals surface area contributed by atoms with Gasteiger partial charge in [0.15, 0.2) is 0 Å². The molecule has 158 valence electrons. The van der Waals surface area contributed by atoms with Crippen LogP contribution < -0.4 is 10.1 Å². The second-order valence-electron chi connectivity index (χ2n) is 8.44. The molecule has 0 unspecified atom stereocenters. The van der Waals surface area contributed by atoms with Crippen LogP contribution in [0.2, 0.25) is 0 Å². The van der Waals surface area contributed by atoms with Crippen LogP contribution in [0.1, 0.15) is 52.7 Å². The summed E-state index contributed by atoms with van der Waals surface area (Å²) in [7, 11) is 0. The first kappa shape index (κ1) is 20.4. The summed E-state index contributed by atoms with van der Waals surface area (Å²) >= 11 is 0. The van der Waals surface area contributed by atoms with E-state index in [1.165, 1.54) is 0 Å². The quantitative estimate of drug-likeness (QED) is 0.797. The molecule has 4 rings (SSSR count). The number of piperidine rings is 1. The van der Waals surface area contributed by atoms with Crippen molar-refractivity contribution in [3.63, 3.8) is 0 Å². The van der Waals surface area contributed by atoms with Crippen molar-refractivity contribution in [3.8, 4) is 5.75 Å². The number of pyridine rings is 1. The molecule has 2 aromatic rings. The van der Waals surface area contributed by atoms with Gasteiger partial charge in [-0.05, 0) is 68.9 Å². The summed E-state index contributed by atoms with van der Waals surface area (Å²) in [5.74, 6) is 1.28. The number of likely N-dealkylation sites (tertiary alicyclic amines) is 1. The van der Waals surface area contributed by atoms with E-state index in [1.54, 1.807) is 12.4 Å². The van der Waals surface area contributed by atoms with Gasteiger partial charge in [-0.2, -0.15) is 0 Å². The maximum Gasteiger partial charge on any atom is 0.253 e. The van der Waals surface area contributed by atoms with Crippen LogP contribution in [0.15, 0.2) is 36.7 Å². The average molecular weight is 408 g/mol. The standard InChI is InChI=1S/C24H29N3O3/c1-16-12-20(13-17(2)22(16)30-15-18-4-3-9-25-14-18)24(29)27-10-7-21(8-11-27)26-23(28)19-5-6-19/h3-4,9,12-14,19,21H,5-8,10-11,15H2,1-2H3,(H,26,28). The number of ether oxygens (including phenoxy) is 1. The molecule has 1 aromatic heterocycles. The van der Waals surface area contributed by atoms with Crippen LogP contribution >= 0.6 is 0 Å². The Labute approximate surface area is 177 Å². The zero-order valence-corrected chi connectivity index (χ0v) is 17.7. The van der Waals surface area contributed by atoms with Gasteiger partial charge in [-0.3, -0.25) is 14.6 Å². The van der Waals surface area contributed by atoms with Gasteiger partial charge in [0, 0.05) is 48.6 Å². The van der Waals surface area contributed by atoms with Gasteiger partial charge in [0.1, 0.15) is 12.4 Å². The van der Waals surface area contributed by atoms with Gasteiger partial charge in [0.2, 0.25) is 5.91 Å². The van der Waals surface area contributed by atoms with Gasteiger partial charge in [0.25, 0.3) is 5.91 Å². The number of amides is 2. The number of nitrogens with zero attached hydrogens (tertiary/aromatic N) is 2. The Morgan fingerprint density at radius 2 is 1.83 bits per heavy atom. The maximum absolute atomic E-state index is 13.0. The third kappa shape index (κ3) is 4.81. The molecule has 1 saturated heterocycles. The Balaban J connectivity index is 1.35. The van der Waals surface area contributed by atoms with E-state index in [0.717, 1.165) is 48.1 Å². The van der Waals surface area contributed by atoms with E-state index in [1.807, 2.05) is 43.0 Å². The normalized spacial score (nSPS) is 16.9. The molecule has 0 atom stereocenters. The predicted molar refractivity (Wildman–Crippen MR) is 114 cm³/mol. The number of benzene rings is 1. The topological polar surface area (TPSA) is 71.5 Å². The summed E-state index contributed by atoms with van der Waals surface area (Å²) in [6.45, 7) is 5.74. The highest BCUT2D eigenvalue weighted by atomic mass is 16.5. The molecule has 6 nitrogen and oxygen atoms in total. The summed E-state index contributed by atoms with van der Waals surface area (Å²) in [5.41, 5.74) is 3.61. The van der Waals surface area contributed by atoms with Crippen molar-refractivity contribution < 1.29 is 14.3 Å². The molecule has 0 radical (unpaired) electrons. The van der Waals surface area contributed by atoms with Gasteiger partial charge in [-0.1, -0.05) is 6.07 Å². The Morgan fingerprint density at radius 3 is 2.43 bits per heavy atom. The lowest BCUT2D eigenvalue weighted by Crippen LogP contribution is -2.46. The summed E-state index contributed by atoms with van der Waals surface area (Å²) in [6, 6.07) is 7.88. The molecule has 1 aliphatic heterocycles. The zero-order valence-electron chi connectivity index (χ0n) is 17.7. The van der Waals surface area contributed by atoms with Crippen molar-refractivity contribution in [2.45, 2.75) is 52.2 Å². The number of hydrogen-bond acceptors (Lipinski definition) is 4. The fraction of sp³-hybridized carbons (Fsp3) is 0.458. The Bertz CT molecular complexity index is 894. The second kappa shape index (κ2) is 8.86. The minimum absolute atomic E-state index is 0.0481. The molecule has 1 aromatic carbocycles. The highest BCUT2D eigenvalue weighted by Gasteiger charge is 2.32. The van der Waals surface area contributed by atoms with Gasteiger partial charge in [-0.25, -0.2) is 0 Å². The summed E-state index contributed by atoms with van der Waals surface area (Å²) in [5, 5.41) is 3.14. The number of nitrogens with one attached hydrogen (secondary N) is 1. The fourth-order valence-electron chi connectivity index (χ4n) is 4.01. The summed E-state index contributed by atoms with van der Waals surface area (Å²) < 4.78 is 6.00. The number of aryl methyl sites for hydroxylation is 2. The van der Waals surface area contributed by atoms with Crippen LogP contribution in [0.4, 0.5) is 0 Å². The van der Waals surface area contributed by atoms with Crippen LogP contribution in [-0.4, -0.2) is 40.8 Å². The zero-order chi connectivity index (χ0) is 21.1. The van der Waals surface area contributed by atoms with Crippen molar-refractivity contribution in [3.05, 3.63) is 58.9 Å². The van der Waals surface area contributed by atoms with Gasteiger partial charge in [0.05, 0.1) is 0 Å². The number of carbonyl (C=O) groups excluding carboxylic acids is 2. The van der Waals surface area contributed by atoms with Crippen molar-refractivity contribution in [1.82, 2.24) is 15.2 Å². The van der Waals surface area contributed by atoms with Crippen molar-refractivity contribution in [2.75, 3.05) is 13.1 Å². The molecule has 2 fully saturated rings. The minimum atomic E-state index is 0.0481. The highest BCUT2D eigenvalue weighted by molar-refractivity contribution is 5.95. The number of carbonyl (C=O) groups is 2. The molecular formula is C24H29N3O3. The monoisotopic (exact) mass is 407 g/mol. The summed E-state index contributed by atoms with van der Waals surface area (Å²) in [4.78, 5) is 31.0. The van der Waals surface area contributed by atoms with Crippen LogP contribution in [0.25, 0.3) is 0 Å². The smallest absolute Gasteiger partial charge is 0.253 e. The molecular weight excluding hydrogens is 378 g/mol. The molecule has 1 N–H and O–H groups in total. The lowest BCUT2D eigenvalue weighted by atomic mass is 10.0. The Hall–Kier alpha value is -2.89. The van der Waals surface area contributed by atoms with E-state index < -0.39 is 0 Å². The molecule has 6 heteroatoms. The Kier molecular flexibility index (Phi) is 6.02. The second-order valence-corrected chi connectivity index (χ2v) is 8.44. The van der Waals surface area contributed by atoms with E-state index in [-0.39, 0.29) is 23.8 Å². The van der Waals surface area contributed by atoms with Gasteiger partial charge >= 0.3 is 0 Å². The summed E-state index contributed by atoms with van der Waals surface area (Å²) in [6.07, 6.45) is 7.19. The minimum Gasteiger partial charge on any atom is -0.488 e. The van der Waals surface area contributed by atoms with Crippen molar-refractivity contribution in [1.29, 1.82) is 0 Å². The molecule has 2 amide bonds. The third-order valence-electron chi connectivity index (χ3n) is 5.89. The number of hydrogen-bond donors (Lipinski definition) is 1. The van der Waals surface area contributed by atoms with E-state index >= 15 is 0 Å². The largest absolute Gasteiger partial charge is 0.488 e. The molecule has 2 aliphatic rings. The van der Waals surface area contributed by atoms with Crippen LogP contribution in [0, 0.1) is 19.8 Å². The first-order valence-electron chi connectivity index (χ1n) is 10.7. The van der Waals surface area contributed by atoms with E-state index in [9.17, 15) is 9.59 Å². The highest BCUT2D eigenvalue weighted by Crippen LogP contribution is 2.30. The molecule has 1 saturated carbocycles. The lowest BCUT2D eigenvalue weighted by Gasteiger charge is -2.32. The number of rotatable bonds is 6. The van der Waals surface area contributed by atoms with E-state index in [2.05, 4.69) is 10.3 Å². The van der Waals surface area contributed by atoms with Crippen molar-refractivity contribution in [2.24, 2.45) is 5.92 Å². The molecule has 30 heavy (non-hydrogen) atoms. The fourth-order valence-corrected chi connectivity index (χ4v) is 4.01. The van der Waals surface area contributed by atoms with Gasteiger partial charge < -0.3 is 15.0 Å². The van der Waals surface area contributed by atoms with E-state index in [0.29, 0.717) is 25.3 Å². The average Bonchev–Trinajstić information content (AvgIpc) is 3.59. The molecule has 1 aliphatic carbocycles. The first-order chi connectivity index (χ1) is 14.5. The van der Waals surface area contributed by atoms with Crippen molar-refractivity contribution >= 4 is 11.8 Å². The SMILES string of the molecule is Cc1cc(C(=O)N2CCC(NC(=O)C3CC3)CC2)cc(C)c1OCc1cccnc1. The number of aromatic nitrogens is 1. The first-order valence-corrected chi connectivity index (χ1v) is 10.7. The third-order valence-corrected chi connectivity index (χ3v) is 5.89. The Morgan fingerprint density at radius 1 is 1.13 bits per heavy atom.